The van der Waals surface area contributed by atoms with Gasteiger partial charge in [0.2, 0.25) is 0 Å². The molecule has 0 aromatic carbocycles. The lowest BCUT2D eigenvalue weighted by molar-refractivity contribution is -0.0127. The van der Waals surface area contributed by atoms with Crippen LogP contribution in [0.25, 0.3) is 0 Å². The molecule has 0 radical (unpaired) electrons. The summed E-state index contributed by atoms with van der Waals surface area (Å²) < 4.78 is 5.23. The Morgan fingerprint density at radius 3 is 2.40 bits per heavy atom. The van der Waals surface area contributed by atoms with E-state index < -0.39 is 0 Å². The van der Waals surface area contributed by atoms with Crippen LogP contribution in [-0.4, -0.2) is 49.5 Å². The molecular weight excluding hydrogens is 190 g/mol. The summed E-state index contributed by atoms with van der Waals surface area (Å²) in [6.45, 7) is 9.66. The van der Waals surface area contributed by atoms with Crippen molar-refractivity contribution in [2.75, 3.05) is 39.5 Å². The molecule has 0 amide bonds. The molecule has 1 saturated heterocycles. The first-order valence-electron chi connectivity index (χ1n) is 6.17. The molecule has 0 aromatic heterocycles. The van der Waals surface area contributed by atoms with Gasteiger partial charge in [-0.3, -0.25) is 0 Å². The summed E-state index contributed by atoms with van der Waals surface area (Å²) in [6.07, 6.45) is 3.70. The van der Waals surface area contributed by atoms with Gasteiger partial charge >= 0.3 is 0 Å². The molecule has 1 fully saturated rings. The Labute approximate surface area is 93.4 Å². The Balaban J connectivity index is 1.98. The maximum atomic E-state index is 8.53. The molecule has 1 heterocycles. The largest absolute Gasteiger partial charge is 0.394 e. The molecule has 1 N–H and O–H groups in total. The number of hydrogen-bond acceptors (Lipinski definition) is 3. The molecule has 15 heavy (non-hydrogen) atoms. The number of rotatable bonds is 8. The van der Waals surface area contributed by atoms with Crippen molar-refractivity contribution in [1.82, 2.24) is 4.90 Å². The smallest absolute Gasteiger partial charge is 0.0697 e. The van der Waals surface area contributed by atoms with E-state index in [1.807, 2.05) is 0 Å². The van der Waals surface area contributed by atoms with E-state index >= 15 is 0 Å². The minimum absolute atomic E-state index is 0.137. The van der Waals surface area contributed by atoms with Crippen LogP contribution in [-0.2, 0) is 4.74 Å². The lowest BCUT2D eigenvalue weighted by atomic mass is 9.75. The van der Waals surface area contributed by atoms with Crippen molar-refractivity contribution in [2.24, 2.45) is 5.41 Å². The summed E-state index contributed by atoms with van der Waals surface area (Å²) >= 11 is 0. The first-order valence-corrected chi connectivity index (χ1v) is 6.17. The van der Waals surface area contributed by atoms with Crippen LogP contribution in [0.3, 0.4) is 0 Å². The molecule has 1 aliphatic rings. The molecule has 0 atom stereocenters. The van der Waals surface area contributed by atoms with Gasteiger partial charge < -0.3 is 14.7 Å². The molecule has 0 aliphatic carbocycles. The van der Waals surface area contributed by atoms with E-state index in [4.69, 9.17) is 9.84 Å². The van der Waals surface area contributed by atoms with Gasteiger partial charge in [0.1, 0.15) is 0 Å². The van der Waals surface area contributed by atoms with Gasteiger partial charge in [0.25, 0.3) is 0 Å². The van der Waals surface area contributed by atoms with Crippen LogP contribution >= 0.6 is 0 Å². The van der Waals surface area contributed by atoms with Crippen molar-refractivity contribution in [3.63, 3.8) is 0 Å². The van der Waals surface area contributed by atoms with Crippen LogP contribution in [0.5, 0.6) is 0 Å². The standard InChI is InChI=1S/C12H25NO2/c1-3-12(4-2)10-13(11-12)6-5-8-15-9-7-14/h14H,3-11H2,1-2H3. The van der Waals surface area contributed by atoms with Crippen LogP contribution in [0, 0.1) is 5.41 Å². The van der Waals surface area contributed by atoms with Crippen molar-refractivity contribution in [2.45, 2.75) is 33.1 Å². The fraction of sp³-hybridized carbons (Fsp3) is 1.00. The van der Waals surface area contributed by atoms with Gasteiger partial charge in [-0.15, -0.1) is 0 Å². The van der Waals surface area contributed by atoms with Crippen molar-refractivity contribution in [3.05, 3.63) is 0 Å². The fourth-order valence-electron chi connectivity index (χ4n) is 2.31. The number of aliphatic hydroxyl groups excluding tert-OH is 1. The van der Waals surface area contributed by atoms with Crippen molar-refractivity contribution in [1.29, 1.82) is 0 Å². The number of aliphatic hydroxyl groups is 1. The highest BCUT2D eigenvalue weighted by Gasteiger charge is 2.38. The summed E-state index contributed by atoms with van der Waals surface area (Å²) in [5.41, 5.74) is 0.617. The average molecular weight is 215 g/mol. The second kappa shape index (κ2) is 6.46. The van der Waals surface area contributed by atoms with Crippen LogP contribution in [0.1, 0.15) is 33.1 Å². The highest BCUT2D eigenvalue weighted by Crippen LogP contribution is 2.36. The molecular formula is C12H25NO2. The first kappa shape index (κ1) is 12.9. The van der Waals surface area contributed by atoms with Gasteiger partial charge in [-0.2, -0.15) is 0 Å². The summed E-state index contributed by atoms with van der Waals surface area (Å²) in [7, 11) is 0. The zero-order chi connectivity index (χ0) is 11.1. The Hall–Kier alpha value is -0.120. The fourth-order valence-corrected chi connectivity index (χ4v) is 2.31. The van der Waals surface area contributed by atoms with E-state index in [2.05, 4.69) is 18.7 Å². The van der Waals surface area contributed by atoms with E-state index in [1.54, 1.807) is 0 Å². The van der Waals surface area contributed by atoms with E-state index in [9.17, 15) is 0 Å². The lowest BCUT2D eigenvalue weighted by Gasteiger charge is -2.50. The van der Waals surface area contributed by atoms with Gasteiger partial charge in [0.15, 0.2) is 0 Å². The van der Waals surface area contributed by atoms with Gasteiger partial charge in [0.05, 0.1) is 13.2 Å². The molecule has 1 rings (SSSR count). The normalized spacial score (nSPS) is 20.2. The second-order valence-corrected chi connectivity index (χ2v) is 4.61. The minimum atomic E-state index is 0.137. The van der Waals surface area contributed by atoms with Crippen molar-refractivity contribution < 1.29 is 9.84 Å². The van der Waals surface area contributed by atoms with Gasteiger partial charge in [-0.1, -0.05) is 13.8 Å². The minimum Gasteiger partial charge on any atom is -0.394 e. The average Bonchev–Trinajstić information content (AvgIpc) is 2.21. The Bertz CT molecular complexity index is 161. The Morgan fingerprint density at radius 2 is 1.87 bits per heavy atom. The highest BCUT2D eigenvalue weighted by atomic mass is 16.5. The van der Waals surface area contributed by atoms with E-state index in [0.29, 0.717) is 12.0 Å². The summed E-state index contributed by atoms with van der Waals surface area (Å²) in [6, 6.07) is 0. The molecule has 0 unspecified atom stereocenters. The topological polar surface area (TPSA) is 32.7 Å². The number of ether oxygens (including phenoxy) is 1. The predicted octanol–water partition coefficient (Wildman–Crippen LogP) is 1.51. The Morgan fingerprint density at radius 1 is 1.20 bits per heavy atom. The quantitative estimate of drug-likeness (QED) is 0.623. The number of likely N-dealkylation sites (tertiary alicyclic amines) is 1. The van der Waals surface area contributed by atoms with Crippen LogP contribution in [0.4, 0.5) is 0 Å². The molecule has 0 spiro atoms. The number of hydrogen-bond donors (Lipinski definition) is 1. The summed E-state index contributed by atoms with van der Waals surface area (Å²) in [5, 5.41) is 8.53. The van der Waals surface area contributed by atoms with E-state index in [1.165, 1.54) is 25.9 Å². The monoisotopic (exact) mass is 215 g/mol. The second-order valence-electron chi connectivity index (χ2n) is 4.61. The number of nitrogens with zero attached hydrogens (tertiary/aromatic N) is 1. The molecule has 0 bridgehead atoms. The zero-order valence-electron chi connectivity index (χ0n) is 10.2. The Kier molecular flexibility index (Phi) is 5.58. The highest BCUT2D eigenvalue weighted by molar-refractivity contribution is 4.92. The van der Waals surface area contributed by atoms with Gasteiger partial charge in [-0.25, -0.2) is 0 Å². The zero-order valence-corrected chi connectivity index (χ0v) is 10.2. The maximum absolute atomic E-state index is 8.53. The first-order chi connectivity index (χ1) is 7.26. The predicted molar refractivity (Wildman–Crippen MR) is 62.0 cm³/mol. The lowest BCUT2D eigenvalue weighted by Crippen LogP contribution is -2.55. The third-order valence-electron chi connectivity index (χ3n) is 3.62. The summed E-state index contributed by atoms with van der Waals surface area (Å²) in [5.74, 6) is 0. The third kappa shape index (κ3) is 3.74. The van der Waals surface area contributed by atoms with E-state index in [0.717, 1.165) is 19.6 Å². The van der Waals surface area contributed by atoms with Crippen LogP contribution < -0.4 is 0 Å². The van der Waals surface area contributed by atoms with Gasteiger partial charge in [-0.05, 0) is 24.7 Å². The van der Waals surface area contributed by atoms with Crippen LogP contribution in [0.15, 0.2) is 0 Å². The molecule has 3 heteroatoms. The maximum Gasteiger partial charge on any atom is 0.0697 e. The molecule has 0 aromatic rings. The third-order valence-corrected chi connectivity index (χ3v) is 3.62. The van der Waals surface area contributed by atoms with Crippen molar-refractivity contribution in [3.8, 4) is 0 Å². The summed E-state index contributed by atoms with van der Waals surface area (Å²) in [4.78, 5) is 2.51. The van der Waals surface area contributed by atoms with Crippen molar-refractivity contribution >= 4 is 0 Å². The SMILES string of the molecule is CCC1(CC)CN(CCCOCCO)C1. The van der Waals surface area contributed by atoms with Gasteiger partial charge in [0, 0.05) is 26.2 Å². The molecule has 90 valence electrons. The molecule has 3 nitrogen and oxygen atoms in total. The van der Waals surface area contributed by atoms with E-state index in [-0.39, 0.29) is 6.61 Å². The molecule has 1 aliphatic heterocycles. The van der Waals surface area contributed by atoms with Crippen LogP contribution in [0.2, 0.25) is 0 Å². The molecule has 0 saturated carbocycles.